The number of pyridine rings is 2. The standard InChI is InChI=1S/C15H16BrN3O/c1-20-10-11-3-6-19(7-4-11)14-2-5-17-13-8-12(16)9-18-15(13)14/h2-3,5,8-9H,4,6-7,10H2,1H3. The summed E-state index contributed by atoms with van der Waals surface area (Å²) in [5.74, 6) is 0. The number of fused-ring (bicyclic) bond motifs is 1. The molecule has 0 aliphatic carbocycles. The summed E-state index contributed by atoms with van der Waals surface area (Å²) in [7, 11) is 1.74. The van der Waals surface area contributed by atoms with Crippen LogP contribution in [0, 0.1) is 0 Å². The Morgan fingerprint density at radius 2 is 2.30 bits per heavy atom. The third kappa shape index (κ3) is 2.69. The van der Waals surface area contributed by atoms with Gasteiger partial charge in [-0.25, -0.2) is 0 Å². The molecule has 0 N–H and O–H groups in total. The first kappa shape index (κ1) is 13.5. The van der Waals surface area contributed by atoms with Crippen molar-refractivity contribution >= 4 is 32.7 Å². The molecule has 0 unspecified atom stereocenters. The van der Waals surface area contributed by atoms with E-state index in [0.29, 0.717) is 0 Å². The third-order valence-corrected chi connectivity index (χ3v) is 3.93. The summed E-state index contributed by atoms with van der Waals surface area (Å²) in [6.45, 7) is 2.62. The van der Waals surface area contributed by atoms with Gasteiger partial charge in [-0.2, -0.15) is 0 Å². The smallest absolute Gasteiger partial charge is 0.112 e. The lowest BCUT2D eigenvalue weighted by Crippen LogP contribution is -2.29. The third-order valence-electron chi connectivity index (χ3n) is 3.50. The fourth-order valence-corrected chi connectivity index (χ4v) is 2.81. The molecule has 5 heteroatoms. The van der Waals surface area contributed by atoms with Crippen LogP contribution in [0.15, 0.2) is 40.6 Å². The number of anilines is 1. The lowest BCUT2D eigenvalue weighted by atomic mass is 10.1. The lowest BCUT2D eigenvalue weighted by molar-refractivity contribution is 0.222. The molecule has 0 amide bonds. The van der Waals surface area contributed by atoms with Crippen LogP contribution in [0.5, 0.6) is 0 Å². The molecule has 2 aromatic rings. The van der Waals surface area contributed by atoms with E-state index in [0.717, 1.165) is 47.3 Å². The van der Waals surface area contributed by atoms with Crippen LogP contribution >= 0.6 is 15.9 Å². The number of rotatable bonds is 3. The minimum Gasteiger partial charge on any atom is -0.380 e. The summed E-state index contributed by atoms with van der Waals surface area (Å²) in [4.78, 5) is 11.2. The second-order valence-corrected chi connectivity index (χ2v) is 5.76. The van der Waals surface area contributed by atoms with Crippen molar-refractivity contribution in [3.05, 3.63) is 40.6 Å². The van der Waals surface area contributed by atoms with Gasteiger partial charge in [0.1, 0.15) is 5.52 Å². The van der Waals surface area contributed by atoms with Crippen LogP contribution in [0.2, 0.25) is 0 Å². The molecule has 3 heterocycles. The molecule has 0 saturated heterocycles. The van der Waals surface area contributed by atoms with Gasteiger partial charge in [-0.3, -0.25) is 9.97 Å². The maximum Gasteiger partial charge on any atom is 0.112 e. The van der Waals surface area contributed by atoms with E-state index < -0.39 is 0 Å². The van der Waals surface area contributed by atoms with E-state index in [-0.39, 0.29) is 0 Å². The summed E-state index contributed by atoms with van der Waals surface area (Å²) in [5.41, 5.74) is 4.40. The van der Waals surface area contributed by atoms with Crippen LogP contribution in [0.3, 0.4) is 0 Å². The molecule has 1 aliphatic heterocycles. The van der Waals surface area contributed by atoms with Gasteiger partial charge in [-0.1, -0.05) is 6.08 Å². The molecule has 0 bridgehead atoms. The van der Waals surface area contributed by atoms with E-state index in [1.54, 1.807) is 7.11 Å². The van der Waals surface area contributed by atoms with E-state index in [9.17, 15) is 0 Å². The summed E-state index contributed by atoms with van der Waals surface area (Å²) in [6, 6.07) is 4.04. The molecule has 20 heavy (non-hydrogen) atoms. The SMILES string of the molecule is COCC1=CCN(c2ccnc3cc(Br)cnc23)CC1. The van der Waals surface area contributed by atoms with Gasteiger partial charge in [-0.05, 0) is 40.1 Å². The molecule has 0 radical (unpaired) electrons. The zero-order valence-corrected chi connectivity index (χ0v) is 12.9. The number of ether oxygens (including phenoxy) is 1. The Hall–Kier alpha value is -1.46. The molecular weight excluding hydrogens is 318 g/mol. The van der Waals surface area contributed by atoms with Gasteiger partial charge in [0, 0.05) is 37.1 Å². The molecule has 4 nitrogen and oxygen atoms in total. The Kier molecular flexibility index (Phi) is 3.98. The topological polar surface area (TPSA) is 38.2 Å². The fraction of sp³-hybridized carbons (Fsp3) is 0.333. The number of hydrogen-bond acceptors (Lipinski definition) is 4. The summed E-state index contributed by atoms with van der Waals surface area (Å²) in [5, 5.41) is 0. The first-order valence-electron chi connectivity index (χ1n) is 6.60. The van der Waals surface area contributed by atoms with Gasteiger partial charge in [0.15, 0.2) is 0 Å². The zero-order valence-electron chi connectivity index (χ0n) is 11.3. The maximum atomic E-state index is 5.19. The molecule has 2 aromatic heterocycles. The van der Waals surface area contributed by atoms with Gasteiger partial charge in [0.25, 0.3) is 0 Å². The predicted molar refractivity (Wildman–Crippen MR) is 84.0 cm³/mol. The van der Waals surface area contributed by atoms with Crippen molar-refractivity contribution in [2.24, 2.45) is 0 Å². The van der Waals surface area contributed by atoms with Gasteiger partial charge >= 0.3 is 0 Å². The zero-order chi connectivity index (χ0) is 13.9. The van der Waals surface area contributed by atoms with Crippen molar-refractivity contribution in [2.45, 2.75) is 6.42 Å². The first-order valence-corrected chi connectivity index (χ1v) is 7.39. The van der Waals surface area contributed by atoms with E-state index in [2.05, 4.69) is 36.9 Å². The molecule has 104 valence electrons. The fourth-order valence-electron chi connectivity index (χ4n) is 2.49. The van der Waals surface area contributed by atoms with E-state index in [4.69, 9.17) is 4.74 Å². The summed E-state index contributed by atoms with van der Waals surface area (Å²) in [6.07, 6.45) is 6.95. The van der Waals surface area contributed by atoms with Crippen LogP contribution in [-0.2, 0) is 4.74 Å². The van der Waals surface area contributed by atoms with Crippen molar-refractivity contribution in [1.29, 1.82) is 0 Å². The maximum absolute atomic E-state index is 5.19. The van der Waals surface area contributed by atoms with Gasteiger partial charge in [0.05, 0.1) is 17.8 Å². The van der Waals surface area contributed by atoms with Crippen molar-refractivity contribution in [2.75, 3.05) is 31.7 Å². The van der Waals surface area contributed by atoms with E-state index in [1.807, 2.05) is 24.5 Å². The minimum atomic E-state index is 0.732. The predicted octanol–water partition coefficient (Wildman–Crippen LogP) is 3.18. The average Bonchev–Trinajstić information content (AvgIpc) is 2.47. The number of nitrogens with zero attached hydrogens (tertiary/aromatic N) is 3. The van der Waals surface area contributed by atoms with Crippen LogP contribution in [0.1, 0.15) is 6.42 Å². The van der Waals surface area contributed by atoms with Crippen LogP contribution in [0.25, 0.3) is 11.0 Å². The van der Waals surface area contributed by atoms with Gasteiger partial charge < -0.3 is 9.64 Å². The van der Waals surface area contributed by atoms with E-state index in [1.165, 1.54) is 5.57 Å². The molecule has 0 fully saturated rings. The highest BCUT2D eigenvalue weighted by atomic mass is 79.9. The second kappa shape index (κ2) is 5.89. The first-order chi connectivity index (χ1) is 9.78. The van der Waals surface area contributed by atoms with Crippen molar-refractivity contribution in [3.8, 4) is 0 Å². The highest BCUT2D eigenvalue weighted by Gasteiger charge is 2.15. The summed E-state index contributed by atoms with van der Waals surface area (Å²) >= 11 is 3.44. The highest BCUT2D eigenvalue weighted by Crippen LogP contribution is 2.27. The Labute approximate surface area is 126 Å². The van der Waals surface area contributed by atoms with Gasteiger partial charge in [0.2, 0.25) is 0 Å². The summed E-state index contributed by atoms with van der Waals surface area (Å²) < 4.78 is 6.15. The quantitative estimate of drug-likeness (QED) is 0.808. The van der Waals surface area contributed by atoms with Crippen LogP contribution < -0.4 is 4.90 Å². The molecule has 0 atom stereocenters. The van der Waals surface area contributed by atoms with Crippen LogP contribution in [-0.4, -0.2) is 36.8 Å². The number of hydrogen-bond donors (Lipinski definition) is 0. The number of methoxy groups -OCH3 is 1. The number of halogens is 1. The highest BCUT2D eigenvalue weighted by molar-refractivity contribution is 9.10. The average molecular weight is 334 g/mol. The Bertz CT molecular complexity index is 657. The molecule has 0 spiro atoms. The molecule has 0 aromatic carbocycles. The number of aromatic nitrogens is 2. The normalized spacial score (nSPS) is 15.5. The van der Waals surface area contributed by atoms with Crippen molar-refractivity contribution < 1.29 is 4.74 Å². The largest absolute Gasteiger partial charge is 0.380 e. The second-order valence-electron chi connectivity index (χ2n) is 4.84. The molecular formula is C15H16BrN3O. The molecule has 0 saturated carbocycles. The molecule has 1 aliphatic rings. The lowest BCUT2D eigenvalue weighted by Gasteiger charge is -2.28. The van der Waals surface area contributed by atoms with Crippen LogP contribution in [0.4, 0.5) is 5.69 Å². The monoisotopic (exact) mass is 333 g/mol. The Morgan fingerprint density at radius 3 is 3.05 bits per heavy atom. The van der Waals surface area contributed by atoms with E-state index >= 15 is 0 Å². The van der Waals surface area contributed by atoms with Gasteiger partial charge in [-0.15, -0.1) is 0 Å². The Morgan fingerprint density at radius 1 is 1.40 bits per heavy atom. The van der Waals surface area contributed by atoms with Crippen molar-refractivity contribution in [1.82, 2.24) is 9.97 Å². The van der Waals surface area contributed by atoms with Crippen molar-refractivity contribution in [3.63, 3.8) is 0 Å². The Balaban J connectivity index is 1.92. The minimum absolute atomic E-state index is 0.732. The molecule has 3 rings (SSSR count).